The number of methoxy groups -OCH3 is 1. The van der Waals surface area contributed by atoms with Crippen LogP contribution in [0.5, 0.6) is 5.75 Å². The maximum atomic E-state index is 12.7. The van der Waals surface area contributed by atoms with E-state index < -0.39 is 0 Å². The van der Waals surface area contributed by atoms with Crippen molar-refractivity contribution in [2.45, 2.75) is 13.0 Å². The average Bonchev–Trinajstić information content (AvgIpc) is 3.15. The lowest BCUT2D eigenvalue weighted by atomic mass is 10.1. The van der Waals surface area contributed by atoms with Crippen molar-refractivity contribution in [3.63, 3.8) is 0 Å². The lowest BCUT2D eigenvalue weighted by molar-refractivity contribution is -0.132. The highest BCUT2D eigenvalue weighted by molar-refractivity contribution is 5.79. The van der Waals surface area contributed by atoms with Crippen LogP contribution in [0.2, 0.25) is 0 Å². The van der Waals surface area contributed by atoms with Crippen LogP contribution >= 0.6 is 0 Å². The minimum Gasteiger partial charge on any atom is -0.497 e. The first kappa shape index (κ1) is 20.1. The smallest absolute Gasteiger partial charge is 0.227 e. The van der Waals surface area contributed by atoms with E-state index in [0.717, 1.165) is 55.3 Å². The van der Waals surface area contributed by atoms with Gasteiger partial charge < -0.3 is 9.64 Å². The molecule has 0 saturated carbocycles. The summed E-state index contributed by atoms with van der Waals surface area (Å²) in [7, 11) is 3.62. The van der Waals surface area contributed by atoms with Crippen molar-refractivity contribution in [3.8, 4) is 17.0 Å². The predicted octanol–water partition coefficient (Wildman–Crippen LogP) is 2.38. The third-order valence-corrected chi connectivity index (χ3v) is 5.58. The van der Waals surface area contributed by atoms with E-state index in [9.17, 15) is 4.79 Å². The summed E-state index contributed by atoms with van der Waals surface area (Å²) in [6.45, 7) is 4.07. The van der Waals surface area contributed by atoms with E-state index in [1.54, 1.807) is 19.5 Å². The molecule has 0 radical (unpaired) electrons. The van der Waals surface area contributed by atoms with E-state index in [4.69, 9.17) is 4.74 Å². The van der Waals surface area contributed by atoms with E-state index >= 15 is 0 Å². The molecule has 0 atom stereocenters. The molecule has 0 N–H and O–H groups in total. The summed E-state index contributed by atoms with van der Waals surface area (Å²) in [5.41, 5.74) is 4.21. The standard InChI is InChI=1S/C23H27N5O2/c1-26-20(16-22(25-26)19-7-9-24-10-8-19)17-27-11-13-28(14-12-27)23(29)15-18-3-5-21(30-2)6-4-18/h3-10,16H,11-15,17H2,1-2H3. The van der Waals surface area contributed by atoms with Crippen LogP contribution in [0.3, 0.4) is 0 Å². The van der Waals surface area contributed by atoms with Crippen LogP contribution in [0, 0.1) is 0 Å². The van der Waals surface area contributed by atoms with Gasteiger partial charge in [-0.15, -0.1) is 0 Å². The topological polar surface area (TPSA) is 63.5 Å². The number of nitrogens with zero attached hydrogens (tertiary/aromatic N) is 5. The molecule has 0 unspecified atom stereocenters. The first-order valence-electron chi connectivity index (χ1n) is 10.2. The molecule has 1 amide bonds. The second kappa shape index (κ2) is 9.09. The average molecular weight is 406 g/mol. The van der Waals surface area contributed by atoms with Gasteiger partial charge in [0, 0.05) is 57.7 Å². The quantitative estimate of drug-likeness (QED) is 0.630. The third kappa shape index (κ3) is 4.68. The zero-order chi connectivity index (χ0) is 20.9. The van der Waals surface area contributed by atoms with Gasteiger partial charge in [0.25, 0.3) is 0 Å². The molecular formula is C23H27N5O2. The Bertz CT molecular complexity index is 977. The molecule has 0 aliphatic carbocycles. The minimum absolute atomic E-state index is 0.181. The number of hydrogen-bond acceptors (Lipinski definition) is 5. The number of hydrogen-bond donors (Lipinski definition) is 0. The van der Waals surface area contributed by atoms with Crippen molar-refractivity contribution in [3.05, 3.63) is 66.1 Å². The van der Waals surface area contributed by atoms with Crippen molar-refractivity contribution < 1.29 is 9.53 Å². The van der Waals surface area contributed by atoms with Crippen LogP contribution in [0.1, 0.15) is 11.3 Å². The summed E-state index contributed by atoms with van der Waals surface area (Å²) in [6.07, 6.45) is 4.00. The van der Waals surface area contributed by atoms with Gasteiger partial charge in [0.1, 0.15) is 5.75 Å². The Morgan fingerprint density at radius 1 is 1.03 bits per heavy atom. The highest BCUT2D eigenvalue weighted by atomic mass is 16.5. The number of amides is 1. The first-order valence-corrected chi connectivity index (χ1v) is 10.2. The van der Waals surface area contributed by atoms with Crippen molar-refractivity contribution >= 4 is 5.91 Å². The fourth-order valence-electron chi connectivity index (χ4n) is 3.73. The molecule has 4 rings (SSSR count). The third-order valence-electron chi connectivity index (χ3n) is 5.58. The van der Waals surface area contributed by atoms with Gasteiger partial charge in [0.2, 0.25) is 5.91 Å². The number of carbonyl (C=O) groups is 1. The number of aromatic nitrogens is 3. The largest absolute Gasteiger partial charge is 0.497 e. The molecule has 7 nitrogen and oxygen atoms in total. The Balaban J connectivity index is 1.30. The van der Waals surface area contributed by atoms with E-state index in [-0.39, 0.29) is 5.91 Å². The van der Waals surface area contributed by atoms with Crippen LogP contribution in [0.25, 0.3) is 11.3 Å². The van der Waals surface area contributed by atoms with Gasteiger partial charge in [-0.25, -0.2) is 0 Å². The van der Waals surface area contributed by atoms with Gasteiger partial charge >= 0.3 is 0 Å². The van der Waals surface area contributed by atoms with Crippen molar-refractivity contribution in [2.75, 3.05) is 33.3 Å². The number of rotatable bonds is 6. The fourth-order valence-corrected chi connectivity index (χ4v) is 3.73. The number of pyridine rings is 1. The highest BCUT2D eigenvalue weighted by Crippen LogP contribution is 2.19. The zero-order valence-corrected chi connectivity index (χ0v) is 17.5. The summed E-state index contributed by atoms with van der Waals surface area (Å²) in [4.78, 5) is 21.1. The van der Waals surface area contributed by atoms with Gasteiger partial charge in [0.05, 0.1) is 24.9 Å². The molecule has 1 fully saturated rings. The zero-order valence-electron chi connectivity index (χ0n) is 17.5. The number of piperazine rings is 1. The Labute approximate surface area is 176 Å². The number of ether oxygens (including phenoxy) is 1. The SMILES string of the molecule is COc1ccc(CC(=O)N2CCN(Cc3cc(-c4ccncc4)nn3C)CC2)cc1. The monoisotopic (exact) mass is 405 g/mol. The molecule has 1 saturated heterocycles. The van der Waals surface area contributed by atoms with Crippen LogP contribution in [-0.4, -0.2) is 63.8 Å². The lowest BCUT2D eigenvalue weighted by Crippen LogP contribution is -2.48. The van der Waals surface area contributed by atoms with Crippen LogP contribution < -0.4 is 4.74 Å². The maximum Gasteiger partial charge on any atom is 0.227 e. The number of aryl methyl sites for hydroxylation is 1. The summed E-state index contributed by atoms with van der Waals surface area (Å²) in [5.74, 6) is 0.988. The second-order valence-electron chi connectivity index (χ2n) is 7.56. The molecule has 0 bridgehead atoms. The molecule has 3 aromatic rings. The Hall–Kier alpha value is -3.19. The normalized spacial score (nSPS) is 14.7. The van der Waals surface area contributed by atoms with Crippen molar-refractivity contribution in [1.82, 2.24) is 24.6 Å². The van der Waals surface area contributed by atoms with Crippen molar-refractivity contribution in [1.29, 1.82) is 0 Å². The molecule has 1 aliphatic heterocycles. The van der Waals surface area contributed by atoms with Crippen molar-refractivity contribution in [2.24, 2.45) is 7.05 Å². The van der Waals surface area contributed by atoms with E-state index in [1.807, 2.05) is 53.0 Å². The van der Waals surface area contributed by atoms with Gasteiger partial charge in [-0.3, -0.25) is 19.4 Å². The molecule has 3 heterocycles. The Morgan fingerprint density at radius 3 is 2.40 bits per heavy atom. The van der Waals surface area contributed by atoms with Gasteiger partial charge in [0.15, 0.2) is 0 Å². The molecule has 0 spiro atoms. The molecule has 30 heavy (non-hydrogen) atoms. The number of benzene rings is 1. The lowest BCUT2D eigenvalue weighted by Gasteiger charge is -2.34. The molecular weight excluding hydrogens is 378 g/mol. The highest BCUT2D eigenvalue weighted by Gasteiger charge is 2.22. The van der Waals surface area contributed by atoms with Crippen LogP contribution in [0.15, 0.2) is 54.9 Å². The summed E-state index contributed by atoms with van der Waals surface area (Å²) < 4.78 is 7.12. The molecule has 1 aromatic carbocycles. The first-order chi connectivity index (χ1) is 14.6. The summed E-state index contributed by atoms with van der Waals surface area (Å²) in [5, 5.41) is 4.64. The van der Waals surface area contributed by atoms with Gasteiger partial charge in [-0.05, 0) is 35.9 Å². The fraction of sp³-hybridized carbons (Fsp3) is 0.348. The Kier molecular flexibility index (Phi) is 6.09. The maximum absolute atomic E-state index is 12.7. The van der Waals surface area contributed by atoms with E-state index in [1.165, 1.54) is 5.69 Å². The number of carbonyl (C=O) groups excluding carboxylic acids is 1. The minimum atomic E-state index is 0.181. The predicted molar refractivity (Wildman–Crippen MR) is 115 cm³/mol. The van der Waals surface area contributed by atoms with Gasteiger partial charge in [-0.1, -0.05) is 12.1 Å². The Morgan fingerprint density at radius 2 is 1.73 bits per heavy atom. The molecule has 2 aromatic heterocycles. The summed E-state index contributed by atoms with van der Waals surface area (Å²) >= 11 is 0. The molecule has 7 heteroatoms. The van der Waals surface area contributed by atoms with E-state index in [2.05, 4.69) is 21.0 Å². The second-order valence-corrected chi connectivity index (χ2v) is 7.56. The molecule has 1 aliphatic rings. The van der Waals surface area contributed by atoms with Crippen LogP contribution in [-0.2, 0) is 24.8 Å². The van der Waals surface area contributed by atoms with Gasteiger partial charge in [-0.2, -0.15) is 5.10 Å². The molecule has 156 valence electrons. The summed E-state index contributed by atoms with van der Waals surface area (Å²) in [6, 6.07) is 13.8. The van der Waals surface area contributed by atoms with Crippen LogP contribution in [0.4, 0.5) is 0 Å². The van der Waals surface area contributed by atoms with E-state index in [0.29, 0.717) is 6.42 Å².